The van der Waals surface area contributed by atoms with Crippen LogP contribution in [0.3, 0.4) is 0 Å². The number of aromatic amines is 1. The fourth-order valence-electron chi connectivity index (χ4n) is 4.67. The van der Waals surface area contributed by atoms with Crippen LogP contribution in [0.2, 0.25) is 0 Å². The lowest BCUT2D eigenvalue weighted by Gasteiger charge is -2.42. The van der Waals surface area contributed by atoms with Crippen molar-refractivity contribution in [3.8, 4) is 0 Å². The van der Waals surface area contributed by atoms with Crippen molar-refractivity contribution in [2.24, 2.45) is 11.8 Å². The molecule has 4 heterocycles. The summed E-state index contributed by atoms with van der Waals surface area (Å²) < 4.78 is 1.80. The Morgan fingerprint density at radius 1 is 1.27 bits per heavy atom. The highest BCUT2D eigenvalue weighted by atomic mass is 16.1. The fraction of sp³-hybridized carbons (Fsp3) is 0.520. The van der Waals surface area contributed by atoms with Gasteiger partial charge in [-0.1, -0.05) is 27.3 Å². The summed E-state index contributed by atoms with van der Waals surface area (Å²) in [5, 5.41) is 14.9. The SMILES string of the molecule is C.Cc1nc(N2CC(C(C)C)C2)ccc1Cn1cc(C(=O)N[C@@H]2CCc3c2n[nH]c3C)cn1. The van der Waals surface area contributed by atoms with Crippen molar-refractivity contribution in [3.05, 3.63) is 58.3 Å². The Morgan fingerprint density at radius 3 is 2.79 bits per heavy atom. The van der Waals surface area contributed by atoms with Gasteiger partial charge >= 0.3 is 0 Å². The molecule has 3 aromatic rings. The molecule has 176 valence electrons. The summed E-state index contributed by atoms with van der Waals surface area (Å²) in [5.74, 6) is 2.42. The van der Waals surface area contributed by atoms with Crippen molar-refractivity contribution < 1.29 is 4.79 Å². The Morgan fingerprint density at radius 2 is 2.06 bits per heavy atom. The Kier molecular flexibility index (Phi) is 6.28. The van der Waals surface area contributed by atoms with Gasteiger partial charge in [-0.25, -0.2) is 4.98 Å². The number of aryl methyl sites for hydroxylation is 2. The van der Waals surface area contributed by atoms with Crippen molar-refractivity contribution in [1.82, 2.24) is 30.3 Å². The number of nitrogens with one attached hydrogen (secondary N) is 2. The van der Waals surface area contributed by atoms with E-state index in [1.54, 1.807) is 17.1 Å². The van der Waals surface area contributed by atoms with Crippen molar-refractivity contribution in [3.63, 3.8) is 0 Å². The number of nitrogens with zero attached hydrogens (tertiary/aromatic N) is 5. The second kappa shape index (κ2) is 9.00. The summed E-state index contributed by atoms with van der Waals surface area (Å²) in [7, 11) is 0. The molecule has 0 aromatic carbocycles. The molecule has 2 aliphatic rings. The number of pyridine rings is 1. The van der Waals surface area contributed by atoms with Crippen LogP contribution in [-0.4, -0.2) is 44.0 Å². The third-order valence-corrected chi connectivity index (χ3v) is 7.01. The molecule has 5 rings (SSSR count). The van der Waals surface area contributed by atoms with Crippen molar-refractivity contribution >= 4 is 11.7 Å². The smallest absolute Gasteiger partial charge is 0.255 e. The maximum absolute atomic E-state index is 12.8. The van der Waals surface area contributed by atoms with Gasteiger partial charge in [0.1, 0.15) is 5.82 Å². The van der Waals surface area contributed by atoms with Crippen LogP contribution in [0.4, 0.5) is 5.82 Å². The summed E-state index contributed by atoms with van der Waals surface area (Å²) in [6.07, 6.45) is 5.26. The molecule has 8 heteroatoms. The predicted molar refractivity (Wildman–Crippen MR) is 129 cm³/mol. The highest BCUT2D eigenvalue weighted by molar-refractivity contribution is 5.94. The van der Waals surface area contributed by atoms with Crippen LogP contribution in [0.5, 0.6) is 0 Å². The Labute approximate surface area is 195 Å². The maximum atomic E-state index is 12.8. The molecule has 0 saturated carbocycles. The van der Waals surface area contributed by atoms with Crippen molar-refractivity contribution in [2.75, 3.05) is 18.0 Å². The third kappa shape index (κ3) is 4.38. The molecule has 0 spiro atoms. The minimum absolute atomic E-state index is 0. The molecule has 1 aliphatic heterocycles. The van der Waals surface area contributed by atoms with Crippen molar-refractivity contribution in [2.45, 2.75) is 60.5 Å². The molecule has 0 unspecified atom stereocenters. The number of carbonyl (C=O) groups excluding carboxylic acids is 1. The molecule has 1 amide bonds. The molecule has 8 nitrogen and oxygen atoms in total. The normalized spacial score (nSPS) is 17.6. The lowest BCUT2D eigenvalue weighted by Crippen LogP contribution is -2.49. The summed E-state index contributed by atoms with van der Waals surface area (Å²) in [6.45, 7) is 11.4. The molecule has 1 saturated heterocycles. The first-order chi connectivity index (χ1) is 15.4. The molecular formula is C25H35N7O. The van der Waals surface area contributed by atoms with E-state index in [-0.39, 0.29) is 19.4 Å². The summed E-state index contributed by atoms with van der Waals surface area (Å²) in [4.78, 5) is 19.9. The van der Waals surface area contributed by atoms with E-state index in [9.17, 15) is 4.79 Å². The number of carbonyl (C=O) groups is 1. The molecule has 0 radical (unpaired) electrons. The summed E-state index contributed by atoms with van der Waals surface area (Å²) in [6, 6.07) is 4.18. The van der Waals surface area contributed by atoms with E-state index in [1.807, 2.05) is 13.8 Å². The standard InChI is InChI=1S/C24H31N7O.CH4/c1-14(2)19-10-30(11-19)22-8-5-17(15(3)26-22)12-31-13-18(9-25-31)24(32)27-21-7-6-20-16(4)28-29-23(20)21;/h5,8-9,13-14,19,21H,6-7,10-12H2,1-4H3,(H,27,32)(H,28,29);1H4/t21-;/m1./s1. The van der Waals surface area contributed by atoms with Crippen LogP contribution < -0.4 is 10.2 Å². The largest absolute Gasteiger partial charge is 0.356 e. The molecule has 3 aromatic heterocycles. The van der Waals surface area contributed by atoms with Gasteiger partial charge in [-0.05, 0) is 55.7 Å². The molecule has 1 fully saturated rings. The van der Waals surface area contributed by atoms with Gasteiger partial charge < -0.3 is 10.2 Å². The monoisotopic (exact) mass is 449 g/mol. The lowest BCUT2D eigenvalue weighted by molar-refractivity contribution is 0.0936. The predicted octanol–water partition coefficient (Wildman–Crippen LogP) is 3.81. The number of rotatable bonds is 6. The number of hydrogen-bond donors (Lipinski definition) is 2. The fourth-order valence-corrected chi connectivity index (χ4v) is 4.67. The van der Waals surface area contributed by atoms with Gasteiger partial charge in [0.2, 0.25) is 0 Å². The van der Waals surface area contributed by atoms with Crippen LogP contribution in [-0.2, 0) is 13.0 Å². The van der Waals surface area contributed by atoms with Gasteiger partial charge in [0.25, 0.3) is 5.91 Å². The number of amides is 1. The Bertz CT molecular complexity index is 1140. The van der Waals surface area contributed by atoms with E-state index in [2.05, 4.69) is 51.5 Å². The second-order valence-electron chi connectivity index (χ2n) is 9.53. The summed E-state index contributed by atoms with van der Waals surface area (Å²) in [5.41, 5.74) is 5.96. The Hall–Kier alpha value is -3.16. The van der Waals surface area contributed by atoms with Crippen LogP contribution in [0.1, 0.15) is 72.3 Å². The Balaban J connectivity index is 0.00000259. The van der Waals surface area contributed by atoms with E-state index in [0.717, 1.165) is 66.2 Å². The van der Waals surface area contributed by atoms with E-state index < -0.39 is 0 Å². The zero-order chi connectivity index (χ0) is 22.4. The van der Waals surface area contributed by atoms with E-state index >= 15 is 0 Å². The van der Waals surface area contributed by atoms with Gasteiger partial charge in [0, 0.05) is 30.7 Å². The molecular weight excluding hydrogens is 414 g/mol. The van der Waals surface area contributed by atoms with Gasteiger partial charge in [-0.15, -0.1) is 0 Å². The first-order valence-corrected chi connectivity index (χ1v) is 11.5. The number of hydrogen-bond acceptors (Lipinski definition) is 5. The van der Waals surface area contributed by atoms with Crippen LogP contribution >= 0.6 is 0 Å². The van der Waals surface area contributed by atoms with E-state index in [4.69, 9.17) is 4.98 Å². The molecule has 0 bridgehead atoms. The van der Waals surface area contributed by atoms with Gasteiger partial charge in [-0.3, -0.25) is 14.6 Å². The first kappa shape index (κ1) is 23.0. The van der Waals surface area contributed by atoms with Gasteiger partial charge in [-0.2, -0.15) is 10.2 Å². The van der Waals surface area contributed by atoms with Gasteiger partial charge in [0.15, 0.2) is 0 Å². The minimum Gasteiger partial charge on any atom is -0.356 e. The average molecular weight is 450 g/mol. The minimum atomic E-state index is -0.113. The van der Waals surface area contributed by atoms with Crippen LogP contribution in [0, 0.1) is 25.7 Å². The van der Waals surface area contributed by atoms with Crippen LogP contribution in [0.25, 0.3) is 0 Å². The maximum Gasteiger partial charge on any atom is 0.255 e. The first-order valence-electron chi connectivity index (χ1n) is 11.5. The highest BCUT2D eigenvalue weighted by Gasteiger charge is 2.30. The molecule has 1 atom stereocenters. The lowest BCUT2D eigenvalue weighted by atomic mass is 9.88. The van der Waals surface area contributed by atoms with Gasteiger partial charge in [0.05, 0.1) is 30.0 Å². The topological polar surface area (TPSA) is 91.7 Å². The van der Waals surface area contributed by atoms with Crippen LogP contribution in [0.15, 0.2) is 24.5 Å². The second-order valence-corrected chi connectivity index (χ2v) is 9.53. The zero-order valence-corrected chi connectivity index (χ0v) is 19.2. The van der Waals surface area contributed by atoms with E-state index in [1.165, 1.54) is 5.56 Å². The number of anilines is 1. The molecule has 2 N–H and O–H groups in total. The highest BCUT2D eigenvalue weighted by Crippen LogP contribution is 2.31. The summed E-state index contributed by atoms with van der Waals surface area (Å²) >= 11 is 0. The van der Waals surface area contributed by atoms with E-state index in [0.29, 0.717) is 12.1 Å². The quantitative estimate of drug-likeness (QED) is 0.597. The number of H-pyrrole nitrogens is 1. The molecule has 1 aliphatic carbocycles. The number of fused-ring (bicyclic) bond motifs is 1. The van der Waals surface area contributed by atoms with Crippen molar-refractivity contribution in [1.29, 1.82) is 0 Å². The average Bonchev–Trinajstić information content (AvgIpc) is 3.42. The number of aromatic nitrogens is 5. The third-order valence-electron chi connectivity index (χ3n) is 7.01. The zero-order valence-electron chi connectivity index (χ0n) is 19.2. The molecule has 33 heavy (non-hydrogen) atoms.